The fourth-order valence-corrected chi connectivity index (χ4v) is 2.53. The Morgan fingerprint density at radius 2 is 1.67 bits per heavy atom. The molecule has 0 bridgehead atoms. The van der Waals surface area contributed by atoms with Crippen LogP contribution in [0.4, 0.5) is 0 Å². The lowest BCUT2D eigenvalue weighted by Crippen LogP contribution is -2.15. The van der Waals surface area contributed by atoms with E-state index in [0.29, 0.717) is 0 Å². The zero-order valence-corrected chi connectivity index (χ0v) is 14.1. The summed E-state index contributed by atoms with van der Waals surface area (Å²) < 4.78 is 1.95. The standard InChI is InChI=1S/C18H27N3/c1-13-17(14(2)21(6)20-13)12-19-11-15-7-9-16(10-8-15)18(3,4)5/h7-10,19H,11-12H2,1-6H3. The van der Waals surface area contributed by atoms with E-state index >= 15 is 0 Å². The molecule has 0 aliphatic rings. The van der Waals surface area contributed by atoms with E-state index in [4.69, 9.17) is 0 Å². The van der Waals surface area contributed by atoms with Crippen molar-refractivity contribution in [3.63, 3.8) is 0 Å². The maximum Gasteiger partial charge on any atom is 0.0641 e. The van der Waals surface area contributed by atoms with Gasteiger partial charge in [0.2, 0.25) is 0 Å². The van der Waals surface area contributed by atoms with Crippen molar-refractivity contribution in [3.8, 4) is 0 Å². The van der Waals surface area contributed by atoms with E-state index < -0.39 is 0 Å². The Bertz CT molecular complexity index is 601. The average Bonchev–Trinajstić information content (AvgIpc) is 2.64. The molecule has 3 heteroatoms. The van der Waals surface area contributed by atoms with Crippen LogP contribution in [0.2, 0.25) is 0 Å². The first-order chi connectivity index (χ1) is 9.79. The molecule has 1 heterocycles. The zero-order valence-electron chi connectivity index (χ0n) is 14.1. The van der Waals surface area contributed by atoms with Crippen LogP contribution in [0.3, 0.4) is 0 Å². The minimum atomic E-state index is 0.218. The van der Waals surface area contributed by atoms with Gasteiger partial charge in [0, 0.05) is 31.4 Å². The van der Waals surface area contributed by atoms with E-state index in [1.54, 1.807) is 0 Å². The molecular formula is C18H27N3. The van der Waals surface area contributed by atoms with E-state index in [1.165, 1.54) is 22.4 Å². The molecule has 1 aromatic heterocycles. The molecule has 0 saturated heterocycles. The molecule has 0 aliphatic carbocycles. The molecule has 2 aromatic rings. The molecule has 0 unspecified atom stereocenters. The van der Waals surface area contributed by atoms with Gasteiger partial charge in [0.25, 0.3) is 0 Å². The summed E-state index contributed by atoms with van der Waals surface area (Å²) in [4.78, 5) is 0. The number of nitrogens with one attached hydrogen (secondary N) is 1. The van der Waals surface area contributed by atoms with Crippen LogP contribution in [-0.2, 0) is 25.6 Å². The molecule has 2 rings (SSSR count). The molecule has 0 spiro atoms. The largest absolute Gasteiger partial charge is 0.308 e. The minimum absolute atomic E-state index is 0.218. The smallest absolute Gasteiger partial charge is 0.0641 e. The zero-order chi connectivity index (χ0) is 15.6. The van der Waals surface area contributed by atoms with Crippen LogP contribution in [0.5, 0.6) is 0 Å². The lowest BCUT2D eigenvalue weighted by molar-refractivity contribution is 0.589. The molecule has 0 amide bonds. The average molecular weight is 285 g/mol. The second-order valence-corrected chi connectivity index (χ2v) is 6.82. The Morgan fingerprint density at radius 1 is 1.05 bits per heavy atom. The number of rotatable bonds is 4. The van der Waals surface area contributed by atoms with Crippen molar-refractivity contribution in [3.05, 3.63) is 52.3 Å². The van der Waals surface area contributed by atoms with Gasteiger partial charge < -0.3 is 5.32 Å². The van der Waals surface area contributed by atoms with Gasteiger partial charge in [-0.05, 0) is 30.4 Å². The van der Waals surface area contributed by atoms with Crippen molar-refractivity contribution < 1.29 is 0 Å². The Balaban J connectivity index is 1.95. The van der Waals surface area contributed by atoms with Crippen LogP contribution in [0.15, 0.2) is 24.3 Å². The Hall–Kier alpha value is -1.61. The highest BCUT2D eigenvalue weighted by Gasteiger charge is 2.13. The van der Waals surface area contributed by atoms with Crippen LogP contribution in [-0.4, -0.2) is 9.78 Å². The normalized spacial score (nSPS) is 11.9. The molecule has 0 radical (unpaired) electrons. The third kappa shape index (κ3) is 3.73. The first-order valence-electron chi connectivity index (χ1n) is 7.58. The fraction of sp³-hybridized carbons (Fsp3) is 0.500. The van der Waals surface area contributed by atoms with E-state index in [-0.39, 0.29) is 5.41 Å². The molecular weight excluding hydrogens is 258 g/mol. The first-order valence-corrected chi connectivity index (χ1v) is 7.58. The third-order valence-corrected chi connectivity index (χ3v) is 4.11. The van der Waals surface area contributed by atoms with Crippen molar-refractivity contribution in [2.24, 2.45) is 7.05 Å². The van der Waals surface area contributed by atoms with E-state index in [2.05, 4.69) is 69.3 Å². The minimum Gasteiger partial charge on any atom is -0.308 e. The third-order valence-electron chi connectivity index (χ3n) is 4.11. The van der Waals surface area contributed by atoms with Crippen LogP contribution in [0.1, 0.15) is 48.8 Å². The van der Waals surface area contributed by atoms with E-state index in [1.807, 2.05) is 11.7 Å². The van der Waals surface area contributed by atoms with Gasteiger partial charge in [0.05, 0.1) is 5.69 Å². The molecule has 3 nitrogen and oxygen atoms in total. The van der Waals surface area contributed by atoms with Crippen LogP contribution in [0, 0.1) is 13.8 Å². The summed E-state index contributed by atoms with van der Waals surface area (Å²) in [6.07, 6.45) is 0. The number of hydrogen-bond acceptors (Lipinski definition) is 2. The number of nitrogens with zero attached hydrogens (tertiary/aromatic N) is 2. The van der Waals surface area contributed by atoms with Crippen LogP contribution >= 0.6 is 0 Å². The second-order valence-electron chi connectivity index (χ2n) is 6.82. The maximum atomic E-state index is 4.45. The lowest BCUT2D eigenvalue weighted by atomic mass is 9.87. The second kappa shape index (κ2) is 6.02. The van der Waals surface area contributed by atoms with Crippen molar-refractivity contribution in [1.29, 1.82) is 0 Å². The van der Waals surface area contributed by atoms with E-state index in [0.717, 1.165) is 18.8 Å². The van der Waals surface area contributed by atoms with Crippen LogP contribution in [0.25, 0.3) is 0 Å². The van der Waals surface area contributed by atoms with Gasteiger partial charge in [-0.15, -0.1) is 0 Å². The molecule has 0 aliphatic heterocycles. The van der Waals surface area contributed by atoms with Gasteiger partial charge in [0.1, 0.15) is 0 Å². The van der Waals surface area contributed by atoms with Gasteiger partial charge in [-0.3, -0.25) is 4.68 Å². The van der Waals surface area contributed by atoms with E-state index in [9.17, 15) is 0 Å². The summed E-state index contributed by atoms with van der Waals surface area (Å²) in [5.74, 6) is 0. The highest BCUT2D eigenvalue weighted by atomic mass is 15.3. The predicted octanol–water partition coefficient (Wildman–Crippen LogP) is 3.62. The quantitative estimate of drug-likeness (QED) is 0.929. The Kier molecular flexibility index (Phi) is 4.52. The lowest BCUT2D eigenvalue weighted by Gasteiger charge is -2.19. The molecule has 0 atom stereocenters. The molecule has 21 heavy (non-hydrogen) atoms. The van der Waals surface area contributed by atoms with Gasteiger partial charge >= 0.3 is 0 Å². The maximum absolute atomic E-state index is 4.45. The number of hydrogen-bond donors (Lipinski definition) is 1. The van der Waals surface area contributed by atoms with Crippen molar-refractivity contribution in [2.75, 3.05) is 0 Å². The molecule has 1 N–H and O–H groups in total. The van der Waals surface area contributed by atoms with Gasteiger partial charge in [-0.1, -0.05) is 45.0 Å². The van der Waals surface area contributed by atoms with Crippen molar-refractivity contribution in [1.82, 2.24) is 15.1 Å². The summed E-state index contributed by atoms with van der Waals surface area (Å²) in [5.41, 5.74) is 6.58. The highest BCUT2D eigenvalue weighted by Crippen LogP contribution is 2.22. The number of aromatic nitrogens is 2. The first kappa shape index (κ1) is 15.8. The monoisotopic (exact) mass is 285 g/mol. The SMILES string of the molecule is Cc1nn(C)c(C)c1CNCc1ccc(C(C)(C)C)cc1. The highest BCUT2D eigenvalue weighted by molar-refractivity contribution is 5.28. The van der Waals surface area contributed by atoms with Gasteiger partial charge in [0.15, 0.2) is 0 Å². The molecule has 0 saturated carbocycles. The van der Waals surface area contributed by atoms with Crippen molar-refractivity contribution >= 4 is 0 Å². The molecule has 0 fully saturated rings. The predicted molar refractivity (Wildman–Crippen MR) is 88.4 cm³/mol. The van der Waals surface area contributed by atoms with Gasteiger partial charge in [-0.2, -0.15) is 5.10 Å². The summed E-state index contributed by atoms with van der Waals surface area (Å²) in [6, 6.07) is 8.91. The summed E-state index contributed by atoms with van der Waals surface area (Å²) in [7, 11) is 2.00. The Morgan fingerprint density at radius 3 is 2.14 bits per heavy atom. The number of benzene rings is 1. The fourth-order valence-electron chi connectivity index (χ4n) is 2.53. The number of aryl methyl sites for hydroxylation is 2. The van der Waals surface area contributed by atoms with Crippen molar-refractivity contribution in [2.45, 2.75) is 53.1 Å². The summed E-state index contributed by atoms with van der Waals surface area (Å²) >= 11 is 0. The molecule has 1 aromatic carbocycles. The summed E-state index contributed by atoms with van der Waals surface area (Å²) in [5, 5.41) is 7.97. The van der Waals surface area contributed by atoms with Gasteiger partial charge in [-0.25, -0.2) is 0 Å². The van der Waals surface area contributed by atoms with Crippen LogP contribution < -0.4 is 5.32 Å². The summed E-state index contributed by atoms with van der Waals surface area (Å²) in [6.45, 7) is 12.7. The molecule has 114 valence electrons. The Labute approximate surface area is 128 Å². The topological polar surface area (TPSA) is 29.9 Å².